The Morgan fingerprint density at radius 2 is 2.80 bits per heavy atom. The summed E-state index contributed by atoms with van der Waals surface area (Å²) in [5.74, 6) is 0. The van der Waals surface area contributed by atoms with Crippen molar-refractivity contribution in [2.75, 3.05) is 0 Å². The highest BCUT2D eigenvalue weighted by molar-refractivity contribution is 7.71. The monoisotopic (exact) mass is 101 g/mol. The van der Waals surface area contributed by atoms with Crippen LogP contribution in [-0.2, 0) is 0 Å². The fourth-order valence-electron chi connectivity index (χ4n) is 0.208. The summed E-state index contributed by atoms with van der Waals surface area (Å²) in [6.07, 6.45) is 2.01. The molecule has 1 aliphatic rings. The largest absolute Gasteiger partial charge is 0.377 e. The lowest BCUT2D eigenvalue weighted by Crippen LogP contribution is -1.76. The van der Waals surface area contributed by atoms with Gasteiger partial charge in [-0.2, -0.15) is 0 Å². The molecular formula is C2H4NPSi. The van der Waals surface area contributed by atoms with Crippen LogP contribution in [0, 0.1) is 0 Å². The third kappa shape index (κ3) is 0.744. The molecule has 0 aromatic rings. The zero-order valence-corrected chi connectivity index (χ0v) is 4.65. The third-order valence-electron chi connectivity index (χ3n) is 0.394. The molecule has 1 rings (SSSR count). The van der Waals surface area contributed by atoms with Crippen LogP contribution in [0.5, 0.6) is 0 Å². The van der Waals surface area contributed by atoms with E-state index < -0.39 is 0 Å². The quantitative estimate of drug-likeness (QED) is 0.341. The van der Waals surface area contributed by atoms with Gasteiger partial charge in [-0.15, -0.1) is 0 Å². The molecule has 0 saturated carbocycles. The molecule has 1 atom stereocenters. The Morgan fingerprint density at radius 3 is 3.00 bits per heavy atom. The van der Waals surface area contributed by atoms with Crippen molar-refractivity contribution in [2.24, 2.45) is 0 Å². The van der Waals surface area contributed by atoms with Gasteiger partial charge in [0.25, 0.3) is 0 Å². The number of hydrogen-bond donors (Lipinski definition) is 1. The Kier molecular flexibility index (Phi) is 1.07. The van der Waals surface area contributed by atoms with Gasteiger partial charge in [-0.05, 0) is 14.5 Å². The van der Waals surface area contributed by atoms with Gasteiger partial charge in [-0.1, -0.05) is 5.70 Å². The van der Waals surface area contributed by atoms with Crippen LogP contribution in [0.3, 0.4) is 0 Å². The van der Waals surface area contributed by atoms with Gasteiger partial charge < -0.3 is 5.09 Å². The molecule has 0 aromatic carbocycles. The van der Waals surface area contributed by atoms with Crippen molar-refractivity contribution in [1.29, 1.82) is 0 Å². The first kappa shape index (κ1) is 3.38. The minimum Gasteiger partial charge on any atom is -0.377 e. The summed E-state index contributed by atoms with van der Waals surface area (Å²) in [5.41, 5.74) is 2.17. The average Bonchev–Trinajstić information content (AvgIpc) is 1.76. The maximum atomic E-state index is 3.08. The zero-order valence-electron chi connectivity index (χ0n) is 2.65. The molecule has 1 nitrogen and oxygen atoms in total. The maximum absolute atomic E-state index is 3.08. The molecule has 0 fully saturated rings. The van der Waals surface area contributed by atoms with Crippen molar-refractivity contribution >= 4 is 17.5 Å². The molecule has 0 spiro atoms. The highest BCUT2D eigenvalue weighted by atomic mass is 31.3. The summed E-state index contributed by atoms with van der Waals surface area (Å²) in [6.45, 7) is 0. The second-order valence-electron chi connectivity index (χ2n) is 0.747. The lowest BCUT2D eigenvalue weighted by molar-refractivity contribution is 1.44. The van der Waals surface area contributed by atoms with Gasteiger partial charge in [0.05, 0.1) is 0 Å². The Labute approximate surface area is 35.4 Å². The molecule has 0 bridgehead atoms. The van der Waals surface area contributed by atoms with E-state index in [4.69, 9.17) is 0 Å². The molecule has 3 heteroatoms. The normalized spacial score (nSPS) is 24.0. The lowest BCUT2D eigenvalue weighted by atomic mass is 11.1. The van der Waals surface area contributed by atoms with Crippen molar-refractivity contribution in [3.8, 4) is 0 Å². The number of hydrogen-bond acceptors (Lipinski definition) is 1. The van der Waals surface area contributed by atoms with E-state index in [1.54, 1.807) is 0 Å². The molecule has 1 unspecified atom stereocenters. The van der Waals surface area contributed by atoms with Crippen molar-refractivity contribution in [3.63, 3.8) is 0 Å². The molecule has 0 saturated heterocycles. The van der Waals surface area contributed by atoms with E-state index in [0.717, 1.165) is 17.5 Å². The predicted octanol–water partition coefficient (Wildman–Crippen LogP) is 0.273. The summed E-state index contributed by atoms with van der Waals surface area (Å²) in [7, 11) is 2.02. The standard InChI is InChI=1S/C2H4NPSi/c1-2-5-4-3-1/h1-4H. The van der Waals surface area contributed by atoms with E-state index in [-0.39, 0.29) is 0 Å². The van der Waals surface area contributed by atoms with Crippen LogP contribution in [0.25, 0.3) is 0 Å². The fourth-order valence-corrected chi connectivity index (χ4v) is 1.88. The fraction of sp³-hybridized carbons (Fsp3) is 0. The van der Waals surface area contributed by atoms with Gasteiger partial charge in [0.1, 0.15) is 9.19 Å². The van der Waals surface area contributed by atoms with E-state index in [1.165, 1.54) is 0 Å². The molecule has 2 radical (unpaired) electrons. The van der Waals surface area contributed by atoms with Crippen molar-refractivity contribution < 1.29 is 0 Å². The first-order valence-corrected chi connectivity index (χ1v) is 4.49. The van der Waals surface area contributed by atoms with Crippen LogP contribution in [0.1, 0.15) is 0 Å². The second kappa shape index (κ2) is 1.58. The topological polar surface area (TPSA) is 12.0 Å². The summed E-state index contributed by atoms with van der Waals surface area (Å²) in [6, 6.07) is 0. The van der Waals surface area contributed by atoms with Crippen LogP contribution >= 0.6 is 8.28 Å². The first-order valence-electron chi connectivity index (χ1n) is 1.41. The molecule has 0 aliphatic carbocycles. The summed E-state index contributed by atoms with van der Waals surface area (Å²) < 4.78 is 0. The van der Waals surface area contributed by atoms with E-state index >= 15 is 0 Å². The molecule has 5 heavy (non-hydrogen) atoms. The molecule has 0 amide bonds. The molecule has 1 N–H and O–H groups in total. The first-order chi connectivity index (χ1) is 2.50. The minimum atomic E-state index is 0.975. The lowest BCUT2D eigenvalue weighted by Gasteiger charge is -1.77. The molecule has 1 heterocycles. The number of nitrogens with one attached hydrogen (secondary N) is 1. The summed E-state index contributed by atoms with van der Waals surface area (Å²) in [5, 5.41) is 3.08. The maximum Gasteiger partial charge on any atom is 0.131 e. The Morgan fingerprint density at radius 1 is 1.80 bits per heavy atom. The van der Waals surface area contributed by atoms with Crippen LogP contribution in [0.15, 0.2) is 11.9 Å². The van der Waals surface area contributed by atoms with Gasteiger partial charge in [0.15, 0.2) is 0 Å². The highest BCUT2D eigenvalue weighted by Crippen LogP contribution is 2.03. The van der Waals surface area contributed by atoms with Crippen LogP contribution < -0.4 is 5.09 Å². The van der Waals surface area contributed by atoms with E-state index in [1.807, 2.05) is 6.20 Å². The Hall–Kier alpha value is 0.187. The van der Waals surface area contributed by atoms with E-state index in [0.29, 0.717) is 0 Å². The highest BCUT2D eigenvalue weighted by Gasteiger charge is 1.84. The summed E-state index contributed by atoms with van der Waals surface area (Å²) >= 11 is 0. The minimum absolute atomic E-state index is 0.975. The molecular weight excluding hydrogens is 97.1 g/mol. The average molecular weight is 101 g/mol. The molecule has 26 valence electrons. The summed E-state index contributed by atoms with van der Waals surface area (Å²) in [4.78, 5) is 0. The Balaban J connectivity index is 2.32. The van der Waals surface area contributed by atoms with Crippen molar-refractivity contribution in [1.82, 2.24) is 5.09 Å². The van der Waals surface area contributed by atoms with E-state index in [2.05, 4.69) is 10.8 Å². The van der Waals surface area contributed by atoms with Gasteiger partial charge >= 0.3 is 0 Å². The second-order valence-corrected chi connectivity index (χ2v) is 3.52. The van der Waals surface area contributed by atoms with Crippen molar-refractivity contribution in [2.45, 2.75) is 0 Å². The molecule has 0 aromatic heterocycles. The van der Waals surface area contributed by atoms with E-state index in [9.17, 15) is 0 Å². The SMILES string of the molecule is C1=C[Si]PN1. The Bertz CT molecular complexity index is 47.6. The number of rotatable bonds is 0. The zero-order chi connectivity index (χ0) is 3.54. The smallest absolute Gasteiger partial charge is 0.131 e. The van der Waals surface area contributed by atoms with Gasteiger partial charge in [-0.3, -0.25) is 0 Å². The van der Waals surface area contributed by atoms with Gasteiger partial charge in [-0.25, -0.2) is 0 Å². The predicted molar refractivity (Wildman–Crippen MR) is 26.3 cm³/mol. The van der Waals surface area contributed by atoms with Gasteiger partial charge in [0, 0.05) is 0 Å². The third-order valence-corrected chi connectivity index (χ3v) is 2.55. The molecule has 1 aliphatic heterocycles. The van der Waals surface area contributed by atoms with Crippen LogP contribution in [0.4, 0.5) is 0 Å². The van der Waals surface area contributed by atoms with Crippen LogP contribution in [-0.4, -0.2) is 9.19 Å². The van der Waals surface area contributed by atoms with Gasteiger partial charge in [0.2, 0.25) is 0 Å². The van der Waals surface area contributed by atoms with Crippen molar-refractivity contribution in [3.05, 3.63) is 11.9 Å². The van der Waals surface area contributed by atoms with Crippen LogP contribution in [0.2, 0.25) is 0 Å².